The molecule has 4 N–H and O–H groups in total. The predicted octanol–water partition coefficient (Wildman–Crippen LogP) is 4.03. The number of ether oxygens (including phenoxy) is 1. The van der Waals surface area contributed by atoms with Gasteiger partial charge in [-0.05, 0) is 36.4 Å². The minimum absolute atomic E-state index is 0. The SMILES string of the molecule is COc1cc(C(=N)c2cc3c(cc2N)NC(=O)N([C@@H]2CN(C)C[C@H]2c2ccccc2)C3)ccn1.[HH].[HH]. The van der Waals surface area contributed by atoms with Gasteiger partial charge >= 0.3 is 6.03 Å². The third-order valence-electron chi connectivity index (χ3n) is 6.72. The van der Waals surface area contributed by atoms with E-state index in [9.17, 15) is 4.79 Å². The molecular weight excluding hydrogens is 428 g/mol. The van der Waals surface area contributed by atoms with Crippen molar-refractivity contribution in [2.24, 2.45) is 0 Å². The van der Waals surface area contributed by atoms with Crippen molar-refractivity contribution in [1.29, 1.82) is 5.41 Å². The van der Waals surface area contributed by atoms with Crippen molar-refractivity contribution in [1.82, 2.24) is 14.8 Å². The van der Waals surface area contributed by atoms with Crippen molar-refractivity contribution in [3.8, 4) is 5.88 Å². The summed E-state index contributed by atoms with van der Waals surface area (Å²) in [4.78, 5) is 21.5. The minimum atomic E-state index is -0.116. The van der Waals surface area contributed by atoms with Gasteiger partial charge in [-0.1, -0.05) is 30.3 Å². The number of nitrogens with two attached hydrogens (primary N) is 1. The number of likely N-dealkylation sites (tertiary alicyclic amines) is 1. The lowest BCUT2D eigenvalue weighted by molar-refractivity contribution is 0.177. The van der Waals surface area contributed by atoms with Crippen LogP contribution >= 0.6 is 0 Å². The van der Waals surface area contributed by atoms with E-state index in [4.69, 9.17) is 15.9 Å². The Labute approximate surface area is 201 Å². The Bertz CT molecular complexity index is 1260. The van der Waals surface area contributed by atoms with Crippen LogP contribution in [0.15, 0.2) is 60.8 Å². The van der Waals surface area contributed by atoms with Crippen LogP contribution in [-0.2, 0) is 6.54 Å². The first-order chi connectivity index (χ1) is 16.4. The van der Waals surface area contributed by atoms with Gasteiger partial charge in [0.2, 0.25) is 5.88 Å². The van der Waals surface area contributed by atoms with Crippen LogP contribution in [0.4, 0.5) is 16.2 Å². The van der Waals surface area contributed by atoms with E-state index >= 15 is 0 Å². The van der Waals surface area contributed by atoms with Crippen molar-refractivity contribution in [2.45, 2.75) is 18.5 Å². The largest absolute Gasteiger partial charge is 0.481 e. The number of nitrogen functional groups attached to an aromatic ring is 1. The van der Waals surface area contributed by atoms with Gasteiger partial charge in [-0.3, -0.25) is 5.41 Å². The monoisotopic (exact) mass is 460 g/mol. The molecular formula is C26H32N6O2. The van der Waals surface area contributed by atoms with Crippen molar-refractivity contribution in [2.75, 3.05) is 38.3 Å². The van der Waals surface area contributed by atoms with Gasteiger partial charge in [-0.25, -0.2) is 9.78 Å². The summed E-state index contributed by atoms with van der Waals surface area (Å²) in [7, 11) is 3.64. The van der Waals surface area contributed by atoms with Crippen LogP contribution in [0, 0.1) is 5.41 Å². The van der Waals surface area contributed by atoms with Crippen LogP contribution in [0.1, 0.15) is 31.0 Å². The summed E-state index contributed by atoms with van der Waals surface area (Å²) in [6.45, 7) is 2.16. The van der Waals surface area contributed by atoms with Gasteiger partial charge in [-0.2, -0.15) is 0 Å². The average molecular weight is 461 g/mol. The molecule has 2 aliphatic heterocycles. The third kappa shape index (κ3) is 3.97. The van der Waals surface area contributed by atoms with E-state index < -0.39 is 0 Å². The molecule has 3 aromatic rings. The molecule has 5 rings (SSSR count). The topological polar surface area (TPSA) is 108 Å². The molecule has 34 heavy (non-hydrogen) atoms. The second-order valence-corrected chi connectivity index (χ2v) is 8.92. The molecule has 1 fully saturated rings. The first kappa shape index (κ1) is 21.9. The van der Waals surface area contributed by atoms with Crippen LogP contribution in [0.2, 0.25) is 0 Å². The highest BCUT2D eigenvalue weighted by atomic mass is 16.5. The number of aromatic nitrogens is 1. The number of carbonyl (C=O) groups excluding carboxylic acids is 1. The quantitative estimate of drug-likeness (QED) is 0.394. The average Bonchev–Trinajstić information content (AvgIpc) is 3.24. The smallest absolute Gasteiger partial charge is 0.322 e. The molecule has 1 saturated heterocycles. The second kappa shape index (κ2) is 8.79. The van der Waals surface area contributed by atoms with E-state index in [0.717, 1.165) is 18.7 Å². The molecule has 8 heteroatoms. The number of methoxy groups -OCH3 is 1. The van der Waals surface area contributed by atoms with Crippen molar-refractivity contribution < 1.29 is 12.4 Å². The van der Waals surface area contributed by atoms with Crippen molar-refractivity contribution in [3.05, 3.63) is 83.0 Å². The first-order valence-corrected chi connectivity index (χ1v) is 11.3. The van der Waals surface area contributed by atoms with Crippen LogP contribution in [-0.4, -0.2) is 59.8 Å². The first-order valence-electron chi connectivity index (χ1n) is 11.3. The fraction of sp³-hybridized carbons (Fsp3) is 0.269. The molecule has 2 aromatic carbocycles. The maximum Gasteiger partial charge on any atom is 0.322 e. The Kier molecular flexibility index (Phi) is 5.67. The summed E-state index contributed by atoms with van der Waals surface area (Å²) in [5.41, 5.74) is 11.2. The van der Waals surface area contributed by atoms with Gasteiger partial charge in [0.05, 0.1) is 18.9 Å². The number of hydrogen-bond acceptors (Lipinski definition) is 6. The number of nitrogens with one attached hydrogen (secondary N) is 2. The predicted molar refractivity (Wildman–Crippen MR) is 137 cm³/mol. The zero-order valence-electron chi connectivity index (χ0n) is 19.3. The van der Waals surface area contributed by atoms with E-state index in [0.29, 0.717) is 34.9 Å². The molecule has 0 unspecified atom stereocenters. The summed E-state index contributed by atoms with van der Waals surface area (Å²) in [6, 6.07) is 17.5. The highest BCUT2D eigenvalue weighted by Crippen LogP contribution is 2.36. The Hall–Kier alpha value is -3.91. The Morgan fingerprint density at radius 2 is 2.00 bits per heavy atom. The van der Waals surface area contributed by atoms with Crippen LogP contribution in [0.25, 0.3) is 0 Å². The molecule has 0 bridgehead atoms. The van der Waals surface area contributed by atoms with Gasteiger partial charge in [0, 0.05) is 63.2 Å². The number of fused-ring (bicyclic) bond motifs is 1. The maximum absolute atomic E-state index is 13.1. The standard InChI is InChI=1S/C26H28N6O2.2H2/c1-31-14-20(16-6-4-3-5-7-16)23(15-31)32-13-18-10-19(21(27)12-22(18)30-26(32)33)25(28)17-8-9-29-24(11-17)34-2;;/h3-12,20,23,28H,13-15,27H2,1-2H3,(H,30,33);2*1H/t20-,23+;;/m0../s1. The Balaban J connectivity index is 0.00000180. The van der Waals surface area contributed by atoms with Gasteiger partial charge < -0.3 is 25.6 Å². The summed E-state index contributed by atoms with van der Waals surface area (Å²) >= 11 is 0. The van der Waals surface area contributed by atoms with Crippen molar-refractivity contribution >= 4 is 23.1 Å². The highest BCUT2D eigenvalue weighted by Gasteiger charge is 2.40. The van der Waals surface area contributed by atoms with Gasteiger partial charge in [0.25, 0.3) is 0 Å². The van der Waals surface area contributed by atoms with Crippen LogP contribution < -0.4 is 15.8 Å². The molecule has 178 valence electrons. The van der Waals surface area contributed by atoms with E-state index in [-0.39, 0.29) is 26.6 Å². The molecule has 0 saturated carbocycles. The highest BCUT2D eigenvalue weighted by molar-refractivity contribution is 6.14. The number of carbonyl (C=O) groups is 1. The van der Waals surface area contributed by atoms with Crippen LogP contribution in [0.3, 0.4) is 0 Å². The fourth-order valence-corrected chi connectivity index (χ4v) is 4.99. The number of hydrogen-bond donors (Lipinski definition) is 3. The second-order valence-electron chi connectivity index (χ2n) is 8.92. The molecule has 2 amide bonds. The zero-order valence-corrected chi connectivity index (χ0v) is 19.3. The Morgan fingerprint density at radius 3 is 2.76 bits per heavy atom. The number of pyridine rings is 1. The number of nitrogens with zero attached hydrogens (tertiary/aromatic N) is 3. The molecule has 0 aliphatic carbocycles. The van der Waals surface area contributed by atoms with Crippen LogP contribution in [0.5, 0.6) is 5.88 Å². The lowest BCUT2D eigenvalue weighted by Gasteiger charge is -2.37. The van der Waals surface area contributed by atoms with Gasteiger partial charge in [0.1, 0.15) is 0 Å². The minimum Gasteiger partial charge on any atom is -0.481 e. The molecule has 0 radical (unpaired) electrons. The number of rotatable bonds is 5. The number of anilines is 2. The number of benzene rings is 2. The van der Waals surface area contributed by atoms with Crippen molar-refractivity contribution in [3.63, 3.8) is 0 Å². The zero-order chi connectivity index (χ0) is 23.8. The molecule has 3 heterocycles. The molecule has 1 aromatic heterocycles. The van der Waals surface area contributed by atoms with E-state index in [1.807, 2.05) is 29.2 Å². The molecule has 2 atom stereocenters. The van der Waals surface area contributed by atoms with E-state index in [1.54, 1.807) is 31.5 Å². The number of likely N-dealkylation sites (N-methyl/N-ethyl adjacent to an activating group) is 1. The lowest BCUT2D eigenvalue weighted by Crippen LogP contribution is -2.48. The summed E-state index contributed by atoms with van der Waals surface area (Å²) in [5.74, 6) is 0.670. The number of amides is 2. The summed E-state index contributed by atoms with van der Waals surface area (Å²) in [6.07, 6.45) is 1.61. The van der Waals surface area contributed by atoms with E-state index in [1.165, 1.54) is 5.56 Å². The normalized spacial score (nSPS) is 20.1. The van der Waals surface area contributed by atoms with E-state index in [2.05, 4.69) is 34.4 Å². The molecule has 0 spiro atoms. The van der Waals surface area contributed by atoms with Gasteiger partial charge in [-0.15, -0.1) is 0 Å². The summed E-state index contributed by atoms with van der Waals surface area (Å²) in [5, 5.41) is 11.8. The molecule has 8 nitrogen and oxygen atoms in total. The maximum atomic E-state index is 13.1. The number of urea groups is 1. The fourth-order valence-electron chi connectivity index (χ4n) is 4.99. The third-order valence-corrected chi connectivity index (χ3v) is 6.72. The summed E-state index contributed by atoms with van der Waals surface area (Å²) < 4.78 is 5.20. The molecule has 2 aliphatic rings. The Morgan fingerprint density at radius 1 is 1.21 bits per heavy atom. The lowest BCUT2D eigenvalue weighted by atomic mass is 9.92. The van der Waals surface area contributed by atoms with Gasteiger partial charge in [0.15, 0.2) is 0 Å².